The van der Waals surface area contributed by atoms with Crippen LogP contribution in [0.25, 0.3) is 16.7 Å². The molecule has 6 nitrogen and oxygen atoms in total. The molecule has 15 heavy (non-hydrogen) atoms. The number of aromatic amines is 1. The number of imidazole rings is 1. The fourth-order valence-corrected chi connectivity index (χ4v) is 1.61. The lowest BCUT2D eigenvalue weighted by molar-refractivity contribution is 0.100. The van der Waals surface area contributed by atoms with Crippen LogP contribution in [-0.2, 0) is 0 Å². The second-order valence-corrected chi connectivity index (χ2v) is 3.19. The van der Waals surface area contributed by atoms with E-state index in [0.29, 0.717) is 11.2 Å². The summed E-state index contributed by atoms with van der Waals surface area (Å²) in [6, 6.07) is 1.78. The van der Waals surface area contributed by atoms with Crippen LogP contribution in [0.5, 0.6) is 0 Å². The first kappa shape index (κ1) is 7.98. The van der Waals surface area contributed by atoms with Crippen LogP contribution >= 0.6 is 0 Å². The Labute approximate surface area is 83.7 Å². The molecule has 0 saturated heterocycles. The third kappa shape index (κ3) is 0.954. The smallest absolute Gasteiger partial charge is 0.254 e. The molecule has 3 rings (SSSR count). The molecule has 74 valence electrons. The van der Waals surface area contributed by atoms with Crippen molar-refractivity contribution in [3.8, 4) is 0 Å². The zero-order valence-electron chi connectivity index (χ0n) is 7.64. The number of pyridine rings is 1. The monoisotopic (exact) mass is 201 g/mol. The minimum atomic E-state index is -0.496. The van der Waals surface area contributed by atoms with Crippen molar-refractivity contribution in [1.29, 1.82) is 0 Å². The number of aromatic nitrogens is 4. The number of nitrogens with one attached hydrogen (secondary N) is 1. The first-order valence-corrected chi connectivity index (χ1v) is 4.37. The number of amides is 1. The summed E-state index contributed by atoms with van der Waals surface area (Å²) in [4.78, 5) is 19.4. The Morgan fingerprint density at radius 2 is 2.40 bits per heavy atom. The molecule has 0 spiro atoms. The minimum Gasteiger partial charge on any atom is -0.365 e. The summed E-state index contributed by atoms with van der Waals surface area (Å²) in [5, 5.41) is 2.91. The van der Waals surface area contributed by atoms with Crippen LogP contribution in [0.15, 0.2) is 24.7 Å². The normalized spacial score (nSPS) is 11.2. The Balaban J connectivity index is 2.50. The van der Waals surface area contributed by atoms with Gasteiger partial charge in [-0.2, -0.15) is 0 Å². The molecule has 3 aromatic rings. The largest absolute Gasteiger partial charge is 0.365 e. The molecule has 0 aliphatic rings. The molecule has 0 bridgehead atoms. The van der Waals surface area contributed by atoms with Crippen molar-refractivity contribution in [2.24, 2.45) is 5.73 Å². The molecule has 6 heteroatoms. The average molecular weight is 201 g/mol. The van der Waals surface area contributed by atoms with Gasteiger partial charge in [-0.25, -0.2) is 9.50 Å². The van der Waals surface area contributed by atoms with Gasteiger partial charge < -0.3 is 5.73 Å². The minimum absolute atomic E-state index is 0.381. The molecule has 0 saturated carbocycles. The summed E-state index contributed by atoms with van der Waals surface area (Å²) in [6.07, 6.45) is 4.87. The molecular formula is C9H7N5O. The molecule has 0 aliphatic carbocycles. The zero-order chi connectivity index (χ0) is 10.4. The molecule has 3 heterocycles. The van der Waals surface area contributed by atoms with Crippen LogP contribution in [0.2, 0.25) is 0 Å². The Hall–Kier alpha value is -2.37. The average Bonchev–Trinajstić information content (AvgIpc) is 2.74. The highest BCUT2D eigenvalue weighted by atomic mass is 16.1. The van der Waals surface area contributed by atoms with Gasteiger partial charge in [-0.3, -0.25) is 14.9 Å². The summed E-state index contributed by atoms with van der Waals surface area (Å²) in [5.74, 6) is -0.496. The summed E-state index contributed by atoms with van der Waals surface area (Å²) in [5.41, 5.74) is 7.73. The number of hydrogen-bond acceptors (Lipinski definition) is 3. The third-order valence-electron chi connectivity index (χ3n) is 2.30. The van der Waals surface area contributed by atoms with E-state index in [9.17, 15) is 4.79 Å². The predicted molar refractivity (Wildman–Crippen MR) is 53.4 cm³/mol. The number of carbonyl (C=O) groups excluding carboxylic acids is 1. The Morgan fingerprint density at radius 3 is 3.20 bits per heavy atom. The van der Waals surface area contributed by atoms with E-state index in [0.717, 1.165) is 11.0 Å². The summed E-state index contributed by atoms with van der Waals surface area (Å²) < 4.78 is 1.68. The van der Waals surface area contributed by atoms with Crippen molar-refractivity contribution >= 4 is 22.6 Å². The van der Waals surface area contributed by atoms with Crippen LogP contribution in [0.3, 0.4) is 0 Å². The number of fused-ring (bicyclic) bond motifs is 3. The van der Waals surface area contributed by atoms with Gasteiger partial charge in [-0.05, 0) is 6.07 Å². The molecule has 3 aromatic heterocycles. The van der Waals surface area contributed by atoms with Crippen molar-refractivity contribution in [3.63, 3.8) is 0 Å². The Kier molecular flexibility index (Phi) is 1.37. The molecule has 0 radical (unpaired) electrons. The van der Waals surface area contributed by atoms with Gasteiger partial charge in [0.05, 0.1) is 11.7 Å². The molecule has 0 aliphatic heterocycles. The quantitative estimate of drug-likeness (QED) is 0.593. The van der Waals surface area contributed by atoms with E-state index in [4.69, 9.17) is 5.73 Å². The van der Waals surface area contributed by atoms with E-state index in [2.05, 4.69) is 15.1 Å². The van der Waals surface area contributed by atoms with Crippen LogP contribution in [-0.4, -0.2) is 25.5 Å². The van der Waals surface area contributed by atoms with E-state index in [1.165, 1.54) is 6.20 Å². The van der Waals surface area contributed by atoms with Gasteiger partial charge in [0.1, 0.15) is 11.1 Å². The van der Waals surface area contributed by atoms with Gasteiger partial charge in [0.15, 0.2) is 5.65 Å². The van der Waals surface area contributed by atoms with Gasteiger partial charge in [-0.1, -0.05) is 0 Å². The fraction of sp³-hybridized carbons (Fsp3) is 0. The van der Waals surface area contributed by atoms with E-state index < -0.39 is 5.91 Å². The molecule has 0 atom stereocenters. The summed E-state index contributed by atoms with van der Waals surface area (Å²) >= 11 is 0. The molecule has 0 fully saturated rings. The maximum absolute atomic E-state index is 11.1. The SMILES string of the molecule is NC(=O)c1c[nH]n2c1nc1ccncc12. The Bertz CT molecular complexity index is 665. The van der Waals surface area contributed by atoms with Crippen LogP contribution < -0.4 is 5.73 Å². The van der Waals surface area contributed by atoms with Crippen LogP contribution in [0.4, 0.5) is 0 Å². The Morgan fingerprint density at radius 1 is 1.53 bits per heavy atom. The topological polar surface area (TPSA) is 89.1 Å². The summed E-state index contributed by atoms with van der Waals surface area (Å²) in [6.45, 7) is 0. The van der Waals surface area contributed by atoms with Crippen LogP contribution in [0.1, 0.15) is 10.4 Å². The maximum atomic E-state index is 11.1. The number of hydrogen-bond donors (Lipinski definition) is 2. The maximum Gasteiger partial charge on any atom is 0.254 e. The first-order valence-electron chi connectivity index (χ1n) is 4.37. The van der Waals surface area contributed by atoms with Crippen molar-refractivity contribution in [2.75, 3.05) is 0 Å². The summed E-state index contributed by atoms with van der Waals surface area (Å²) in [7, 11) is 0. The van der Waals surface area contributed by atoms with Crippen molar-refractivity contribution < 1.29 is 4.79 Å². The number of carbonyl (C=O) groups is 1. The number of nitrogens with zero attached hydrogens (tertiary/aromatic N) is 3. The van der Waals surface area contributed by atoms with E-state index in [1.54, 1.807) is 23.0 Å². The van der Waals surface area contributed by atoms with Crippen molar-refractivity contribution in [3.05, 3.63) is 30.2 Å². The molecule has 1 amide bonds. The lowest BCUT2D eigenvalue weighted by Crippen LogP contribution is -2.10. The van der Waals surface area contributed by atoms with Crippen LogP contribution in [0, 0.1) is 0 Å². The standard InChI is InChI=1S/C9H7N5O/c10-8(15)5-3-12-14-7-4-11-2-1-6(7)13-9(5)14/h1-4,12H,(H2,10,15). The van der Waals surface area contributed by atoms with Gasteiger partial charge >= 0.3 is 0 Å². The fourth-order valence-electron chi connectivity index (χ4n) is 1.61. The predicted octanol–water partition coefficient (Wildman–Crippen LogP) is 0.309. The number of nitrogens with two attached hydrogens (primary N) is 1. The number of primary amides is 1. The number of rotatable bonds is 1. The van der Waals surface area contributed by atoms with E-state index in [-0.39, 0.29) is 0 Å². The van der Waals surface area contributed by atoms with E-state index in [1.807, 2.05) is 0 Å². The lowest BCUT2D eigenvalue weighted by Gasteiger charge is -1.86. The molecule has 0 unspecified atom stereocenters. The molecule has 0 aromatic carbocycles. The third-order valence-corrected chi connectivity index (χ3v) is 2.30. The van der Waals surface area contributed by atoms with Gasteiger partial charge in [0, 0.05) is 12.4 Å². The second kappa shape index (κ2) is 2.57. The first-order chi connectivity index (χ1) is 7.27. The second-order valence-electron chi connectivity index (χ2n) is 3.19. The van der Waals surface area contributed by atoms with Gasteiger partial charge in [0.25, 0.3) is 5.91 Å². The van der Waals surface area contributed by atoms with E-state index >= 15 is 0 Å². The van der Waals surface area contributed by atoms with Gasteiger partial charge in [-0.15, -0.1) is 0 Å². The van der Waals surface area contributed by atoms with Gasteiger partial charge in [0.2, 0.25) is 0 Å². The number of H-pyrrole nitrogens is 1. The van der Waals surface area contributed by atoms with Crippen molar-refractivity contribution in [2.45, 2.75) is 0 Å². The zero-order valence-corrected chi connectivity index (χ0v) is 7.64. The van der Waals surface area contributed by atoms with Crippen molar-refractivity contribution in [1.82, 2.24) is 19.6 Å². The highest BCUT2D eigenvalue weighted by Crippen LogP contribution is 2.16. The highest BCUT2D eigenvalue weighted by molar-refractivity contribution is 6.00. The lowest BCUT2D eigenvalue weighted by atomic mass is 10.3. The molecule has 3 N–H and O–H groups in total. The highest BCUT2D eigenvalue weighted by Gasteiger charge is 2.13. The molecular weight excluding hydrogens is 194 g/mol.